The lowest BCUT2D eigenvalue weighted by atomic mass is 10.3. The minimum absolute atomic E-state index is 0.00656. The Bertz CT molecular complexity index is 348. The monoisotopic (exact) mass is 214 g/mol. The van der Waals surface area contributed by atoms with Crippen LogP contribution in [-0.4, -0.2) is 32.1 Å². The van der Waals surface area contributed by atoms with Crippen LogP contribution in [0.3, 0.4) is 0 Å². The smallest absolute Gasteiger partial charge is 0.339 e. The van der Waals surface area contributed by atoms with Gasteiger partial charge in [-0.15, -0.1) is 0 Å². The summed E-state index contributed by atoms with van der Waals surface area (Å²) in [5.41, 5.74) is 0.0476. The molecule has 0 bridgehead atoms. The third kappa shape index (κ3) is 2.85. The minimum Gasteiger partial charge on any atom is -0.497 e. The van der Waals surface area contributed by atoms with E-state index in [0.717, 1.165) is 0 Å². The van der Waals surface area contributed by atoms with Crippen molar-refractivity contribution in [1.29, 1.82) is 0 Å². The van der Waals surface area contributed by atoms with Crippen molar-refractivity contribution in [2.75, 3.05) is 21.0 Å². The van der Waals surface area contributed by atoms with Crippen LogP contribution in [0.4, 0.5) is 0 Å². The number of aromatic carboxylic acids is 1. The molecule has 0 unspecified atom stereocenters. The maximum absolute atomic E-state index is 10.9. The van der Waals surface area contributed by atoms with Gasteiger partial charge in [-0.1, -0.05) is 0 Å². The fourth-order valence-electron chi connectivity index (χ4n) is 1.05. The number of hydrogen-bond acceptors (Lipinski definition) is 4. The Morgan fingerprint density at radius 1 is 1.40 bits per heavy atom. The van der Waals surface area contributed by atoms with Crippen molar-refractivity contribution >= 4 is 5.97 Å². The van der Waals surface area contributed by atoms with Gasteiger partial charge in [-0.05, 0) is 18.2 Å². The van der Waals surface area contributed by atoms with Gasteiger partial charge in [0.1, 0.15) is 17.1 Å². The first kappa shape index (κ1) is 11.3. The first-order valence-electron chi connectivity index (χ1n) is 4.22. The molecule has 0 aliphatic rings. The Morgan fingerprint density at radius 3 is 2.67 bits per heavy atom. The lowest BCUT2D eigenvalue weighted by Crippen LogP contribution is -2.05. The molecule has 0 aromatic heterocycles. The number of benzene rings is 1. The summed E-state index contributed by atoms with van der Waals surface area (Å²) in [4.78, 5) is 10.9. The van der Waals surface area contributed by atoms with Crippen molar-refractivity contribution in [3.8, 4) is 11.5 Å². The van der Waals surface area contributed by atoms with Crippen molar-refractivity contribution < 1.29 is 24.1 Å². The zero-order chi connectivity index (χ0) is 11.3. The third-order valence-electron chi connectivity index (χ3n) is 1.75. The molecule has 0 saturated carbocycles. The molecule has 0 radical (unpaired) electrons. The lowest BCUT2D eigenvalue weighted by Gasteiger charge is -2.09. The Morgan fingerprint density at radius 2 is 2.13 bits per heavy atom. The number of carboxylic acids is 1. The molecule has 0 atom stereocenters. The fraction of sp³-hybridized carbons (Fsp3) is 0.300. The average Bonchev–Trinajstić information content (AvgIpc) is 2.26. The largest absolute Gasteiger partial charge is 0.497 e. The van der Waals surface area contributed by atoms with Gasteiger partial charge < -0.3 is 19.3 Å². The van der Waals surface area contributed by atoms with Crippen molar-refractivity contribution in [3.63, 3.8) is 0 Å². The summed E-state index contributed by atoms with van der Waals surface area (Å²) in [6.45, 7) is 0.00656. The lowest BCUT2D eigenvalue weighted by molar-refractivity contribution is 0.0483. The van der Waals surface area contributed by atoms with Gasteiger partial charge in [-0.25, -0.2) is 4.79 Å². The zero-order valence-corrected chi connectivity index (χ0v) is 8.52. The Balaban J connectivity index is 2.98. The summed E-state index contributed by atoms with van der Waals surface area (Å²) in [7, 11) is 2.93. The van der Waals surface area contributed by atoms with E-state index in [4.69, 9.17) is 19.3 Å². The minimum atomic E-state index is -1.07. The van der Waals surface area contributed by atoms with E-state index < -0.39 is 5.97 Å². The highest BCUT2D eigenvalue weighted by Gasteiger charge is 2.12. The molecule has 0 saturated heterocycles. The van der Waals surface area contributed by atoms with Gasteiger partial charge >= 0.3 is 5.97 Å². The quantitative estimate of drug-likeness (QED) is 0.750. The third-order valence-corrected chi connectivity index (χ3v) is 1.75. The van der Waals surface area contributed by atoms with Gasteiger partial charge in [0.25, 0.3) is 0 Å². The second-order valence-corrected chi connectivity index (χ2v) is 2.72. The summed E-state index contributed by atoms with van der Waals surface area (Å²) in [6, 6.07) is 4.55. The Kier molecular flexibility index (Phi) is 3.93. The molecule has 0 heterocycles. The molecule has 0 aliphatic heterocycles. The maximum atomic E-state index is 10.9. The molecule has 0 fully saturated rings. The van der Waals surface area contributed by atoms with E-state index in [9.17, 15) is 4.79 Å². The van der Waals surface area contributed by atoms with Gasteiger partial charge in [-0.2, -0.15) is 0 Å². The molecule has 5 nitrogen and oxygen atoms in total. The molecule has 1 aromatic rings. The van der Waals surface area contributed by atoms with Crippen molar-refractivity contribution in [2.24, 2.45) is 0 Å². The first-order valence-corrected chi connectivity index (χ1v) is 4.22. The molecule has 0 spiro atoms. The van der Waals surface area contributed by atoms with Crippen molar-refractivity contribution in [2.45, 2.75) is 0 Å². The molecule has 1 N–H and O–H groups in total. The van der Waals surface area contributed by atoms with E-state index in [2.05, 4.69) is 0 Å². The molecular weight excluding hydrogens is 202 g/mol. The summed E-state index contributed by atoms with van der Waals surface area (Å²) in [6.07, 6.45) is 0. The summed E-state index contributed by atoms with van der Waals surface area (Å²) >= 11 is 0. The van der Waals surface area contributed by atoms with Crippen LogP contribution in [0.5, 0.6) is 11.5 Å². The van der Waals surface area contributed by atoms with Gasteiger partial charge in [0.05, 0.1) is 7.11 Å². The predicted octanol–water partition coefficient (Wildman–Crippen LogP) is 1.38. The van der Waals surface area contributed by atoms with Gasteiger partial charge in [-0.3, -0.25) is 0 Å². The fourth-order valence-corrected chi connectivity index (χ4v) is 1.05. The molecule has 1 aromatic carbocycles. The second kappa shape index (κ2) is 5.21. The van der Waals surface area contributed by atoms with Gasteiger partial charge in [0, 0.05) is 7.11 Å². The van der Waals surface area contributed by atoms with Gasteiger partial charge in [0.2, 0.25) is 0 Å². The van der Waals surface area contributed by atoms with Crippen LogP contribution in [0.1, 0.15) is 10.4 Å². The summed E-state index contributed by atoms with van der Waals surface area (Å²) in [5.74, 6) is -0.345. The Hall–Kier alpha value is -1.75. The number of carbonyl (C=O) groups is 1. The highest BCUT2D eigenvalue weighted by molar-refractivity contribution is 5.91. The van der Waals surface area contributed by atoms with Crippen molar-refractivity contribution in [1.82, 2.24) is 0 Å². The van der Waals surface area contributed by atoms with E-state index in [-0.39, 0.29) is 18.1 Å². The summed E-state index contributed by atoms with van der Waals surface area (Å²) < 4.78 is 14.7. The zero-order valence-electron chi connectivity index (χ0n) is 8.52. The van der Waals surface area contributed by atoms with E-state index >= 15 is 0 Å². The predicted molar refractivity (Wildman–Crippen MR) is 52.5 cm³/mol. The van der Waals surface area contributed by atoms with Crippen LogP contribution in [0.25, 0.3) is 0 Å². The van der Waals surface area contributed by atoms with E-state index in [1.54, 1.807) is 6.07 Å². The SMILES string of the molecule is COCOc1ccc(OC)cc1[14C](=O)O. The van der Waals surface area contributed by atoms with E-state index in [0.29, 0.717) is 5.75 Å². The standard InChI is InChI=1S/C10H12O5/c1-13-6-15-9-4-3-7(14-2)5-8(9)10(11)12/h3-5H,6H2,1-2H3,(H,11,12)/i10+2. The molecule has 0 amide bonds. The highest BCUT2D eigenvalue weighted by Crippen LogP contribution is 2.24. The van der Waals surface area contributed by atoms with Crippen LogP contribution >= 0.6 is 0 Å². The van der Waals surface area contributed by atoms with Crippen molar-refractivity contribution in [3.05, 3.63) is 23.8 Å². The van der Waals surface area contributed by atoms with Crippen LogP contribution in [0.2, 0.25) is 0 Å². The number of methoxy groups -OCH3 is 2. The Labute approximate surface area is 87.2 Å². The van der Waals surface area contributed by atoms with E-state index in [1.165, 1.54) is 26.4 Å². The molecular formula is C10H12O5. The molecule has 1 rings (SSSR count). The van der Waals surface area contributed by atoms with Crippen LogP contribution < -0.4 is 9.47 Å². The number of ether oxygens (including phenoxy) is 3. The molecule has 5 heteroatoms. The van der Waals surface area contributed by atoms with Crippen LogP contribution in [-0.2, 0) is 4.74 Å². The summed E-state index contributed by atoms with van der Waals surface area (Å²) in [5, 5.41) is 8.91. The van der Waals surface area contributed by atoms with Crippen LogP contribution in [0, 0.1) is 0 Å². The molecule has 82 valence electrons. The number of rotatable bonds is 5. The second-order valence-electron chi connectivity index (χ2n) is 2.72. The average molecular weight is 214 g/mol. The van der Waals surface area contributed by atoms with E-state index in [1.807, 2.05) is 0 Å². The first-order chi connectivity index (χ1) is 7.19. The highest BCUT2D eigenvalue weighted by atomic mass is 16.7. The normalized spacial score (nSPS) is 9.73. The number of hydrogen-bond donors (Lipinski definition) is 1. The molecule has 15 heavy (non-hydrogen) atoms. The van der Waals surface area contributed by atoms with Crippen LogP contribution in [0.15, 0.2) is 18.2 Å². The topological polar surface area (TPSA) is 65.0 Å². The van der Waals surface area contributed by atoms with Gasteiger partial charge in [0.15, 0.2) is 6.79 Å². The number of carboxylic acid groups (broad SMARTS) is 1. The maximum Gasteiger partial charge on any atom is 0.339 e. The molecule has 0 aliphatic carbocycles.